The maximum atomic E-state index is 13.6. The van der Waals surface area contributed by atoms with E-state index < -0.39 is 6.04 Å². The highest BCUT2D eigenvalue weighted by molar-refractivity contribution is 6.21. The van der Waals surface area contributed by atoms with Gasteiger partial charge in [0.05, 0.1) is 11.1 Å². The Labute approximate surface area is 217 Å². The third-order valence-corrected chi connectivity index (χ3v) is 6.64. The minimum atomic E-state index is -0.708. The van der Waals surface area contributed by atoms with E-state index in [2.05, 4.69) is 5.32 Å². The molecule has 1 aliphatic rings. The Balaban J connectivity index is 1.51. The minimum Gasteiger partial charge on any atom is -0.357 e. The van der Waals surface area contributed by atoms with Gasteiger partial charge in [-0.25, -0.2) is 0 Å². The lowest BCUT2D eigenvalue weighted by molar-refractivity contribution is -0.141. The molecule has 190 valence electrons. The number of hydrogen-bond donors (Lipinski definition) is 1. The molecule has 0 radical (unpaired) electrons. The van der Waals surface area contributed by atoms with E-state index in [1.807, 2.05) is 61.5 Å². The zero-order valence-electron chi connectivity index (χ0n) is 21.1. The third-order valence-electron chi connectivity index (χ3n) is 6.64. The maximum Gasteiger partial charge on any atom is 0.261 e. The molecule has 37 heavy (non-hydrogen) atoms. The molecule has 3 aromatic carbocycles. The van der Waals surface area contributed by atoms with Gasteiger partial charge in [-0.05, 0) is 36.6 Å². The quantitative estimate of drug-likeness (QED) is 0.432. The summed E-state index contributed by atoms with van der Waals surface area (Å²) < 4.78 is 0. The van der Waals surface area contributed by atoms with Crippen molar-refractivity contribution in [2.45, 2.75) is 38.8 Å². The van der Waals surface area contributed by atoms with E-state index in [9.17, 15) is 19.2 Å². The Morgan fingerprint density at radius 3 is 2.03 bits per heavy atom. The first-order valence-corrected chi connectivity index (χ1v) is 12.4. The summed E-state index contributed by atoms with van der Waals surface area (Å²) in [4.78, 5) is 54.7. The summed E-state index contributed by atoms with van der Waals surface area (Å²) in [5, 5.41) is 2.71. The van der Waals surface area contributed by atoms with Gasteiger partial charge in [0.25, 0.3) is 11.8 Å². The van der Waals surface area contributed by atoms with Crippen LogP contribution < -0.4 is 5.32 Å². The second-order valence-electron chi connectivity index (χ2n) is 9.24. The molecule has 0 spiro atoms. The number of nitrogens with zero attached hydrogens (tertiary/aromatic N) is 2. The van der Waals surface area contributed by atoms with Gasteiger partial charge >= 0.3 is 0 Å². The summed E-state index contributed by atoms with van der Waals surface area (Å²) in [7, 11) is 1.57. The summed E-state index contributed by atoms with van der Waals surface area (Å²) >= 11 is 0. The first-order chi connectivity index (χ1) is 17.9. The van der Waals surface area contributed by atoms with E-state index >= 15 is 0 Å². The third kappa shape index (κ3) is 5.94. The van der Waals surface area contributed by atoms with Crippen molar-refractivity contribution in [3.63, 3.8) is 0 Å². The fraction of sp³-hybridized carbons (Fsp3) is 0.267. The van der Waals surface area contributed by atoms with Crippen LogP contribution >= 0.6 is 0 Å². The van der Waals surface area contributed by atoms with E-state index in [0.29, 0.717) is 24.0 Å². The van der Waals surface area contributed by atoms with Crippen molar-refractivity contribution >= 4 is 23.6 Å². The molecule has 4 amide bonds. The Bertz CT molecular complexity index is 1250. The number of aryl methyl sites for hydroxylation is 1. The highest BCUT2D eigenvalue weighted by atomic mass is 16.2. The summed E-state index contributed by atoms with van der Waals surface area (Å²) in [5.74, 6) is -1.12. The first kappa shape index (κ1) is 25.8. The Morgan fingerprint density at radius 1 is 0.838 bits per heavy atom. The van der Waals surface area contributed by atoms with Crippen molar-refractivity contribution in [3.05, 3.63) is 107 Å². The van der Waals surface area contributed by atoms with Crippen LogP contribution in [0.15, 0.2) is 78.9 Å². The molecule has 0 aromatic heterocycles. The fourth-order valence-corrected chi connectivity index (χ4v) is 4.58. The maximum absolute atomic E-state index is 13.6. The number of imide groups is 1. The van der Waals surface area contributed by atoms with E-state index in [0.717, 1.165) is 16.7 Å². The topological polar surface area (TPSA) is 86.8 Å². The second-order valence-corrected chi connectivity index (χ2v) is 9.24. The van der Waals surface area contributed by atoms with Crippen LogP contribution in [0, 0.1) is 6.92 Å². The van der Waals surface area contributed by atoms with Gasteiger partial charge in [-0.2, -0.15) is 0 Å². The van der Waals surface area contributed by atoms with Crippen molar-refractivity contribution in [1.29, 1.82) is 0 Å². The molecule has 0 saturated heterocycles. The Hall–Kier alpha value is -4.26. The molecule has 7 heteroatoms. The van der Waals surface area contributed by atoms with Crippen molar-refractivity contribution in [2.75, 3.05) is 13.6 Å². The molecule has 0 aliphatic carbocycles. The number of nitrogens with one attached hydrogen (secondary N) is 1. The van der Waals surface area contributed by atoms with Crippen LogP contribution in [0.2, 0.25) is 0 Å². The van der Waals surface area contributed by atoms with Crippen LogP contribution in [0.5, 0.6) is 0 Å². The lowest BCUT2D eigenvalue weighted by atomic mass is 10.0. The van der Waals surface area contributed by atoms with Crippen molar-refractivity contribution < 1.29 is 19.2 Å². The number of rotatable bonds is 10. The summed E-state index contributed by atoms with van der Waals surface area (Å²) in [6.45, 7) is 2.41. The Morgan fingerprint density at radius 2 is 1.43 bits per heavy atom. The van der Waals surface area contributed by atoms with Gasteiger partial charge in [0.2, 0.25) is 11.8 Å². The van der Waals surface area contributed by atoms with Crippen LogP contribution in [-0.4, -0.2) is 53.1 Å². The lowest BCUT2D eigenvalue weighted by Crippen LogP contribution is -2.49. The first-order valence-electron chi connectivity index (χ1n) is 12.4. The van der Waals surface area contributed by atoms with Gasteiger partial charge in [-0.1, -0.05) is 72.3 Å². The van der Waals surface area contributed by atoms with E-state index in [1.165, 1.54) is 4.90 Å². The van der Waals surface area contributed by atoms with Crippen LogP contribution in [0.1, 0.15) is 50.2 Å². The van der Waals surface area contributed by atoms with Gasteiger partial charge in [0, 0.05) is 33.0 Å². The van der Waals surface area contributed by atoms with Crippen LogP contribution in [0.4, 0.5) is 0 Å². The van der Waals surface area contributed by atoms with Gasteiger partial charge in [-0.15, -0.1) is 0 Å². The van der Waals surface area contributed by atoms with Gasteiger partial charge in [-0.3, -0.25) is 24.1 Å². The minimum absolute atomic E-state index is 0.0988. The number of fused-ring (bicyclic) bond motifs is 1. The predicted octanol–water partition coefficient (Wildman–Crippen LogP) is 3.76. The predicted molar refractivity (Wildman–Crippen MR) is 141 cm³/mol. The monoisotopic (exact) mass is 497 g/mol. The number of likely N-dealkylation sites (N-methyl/N-ethyl adjacent to an activating group) is 1. The highest BCUT2D eigenvalue weighted by Crippen LogP contribution is 2.23. The molecule has 0 saturated carbocycles. The number of hydrogen-bond acceptors (Lipinski definition) is 4. The number of carbonyl (C=O) groups is 4. The molecule has 1 N–H and O–H groups in total. The van der Waals surface area contributed by atoms with Gasteiger partial charge in [0.1, 0.15) is 6.04 Å². The molecule has 0 fully saturated rings. The van der Waals surface area contributed by atoms with Crippen LogP contribution in [-0.2, 0) is 22.6 Å². The molecule has 0 bridgehead atoms. The van der Waals surface area contributed by atoms with E-state index in [4.69, 9.17) is 0 Å². The molecular formula is C30H31N3O4. The molecule has 7 nitrogen and oxygen atoms in total. The molecule has 1 atom stereocenters. The molecule has 3 aromatic rings. The summed E-state index contributed by atoms with van der Waals surface area (Å²) in [5.41, 5.74) is 3.75. The van der Waals surface area contributed by atoms with E-state index in [-0.39, 0.29) is 43.1 Å². The van der Waals surface area contributed by atoms with E-state index in [1.54, 1.807) is 36.2 Å². The largest absolute Gasteiger partial charge is 0.357 e. The normalized spacial score (nSPS) is 13.3. The zero-order chi connectivity index (χ0) is 26.4. The standard InChI is InChI=1S/C30H31N3O4/c1-21-14-16-23(17-15-21)20-33(26(28(35)31-2)19-22-9-4-3-5-10-22)27(34)13-8-18-32-29(36)24-11-6-7-12-25(24)30(32)37/h3-7,9-12,14-17,26H,8,13,18-20H2,1-2H3,(H,31,35)/t26-/m0/s1. The van der Waals surface area contributed by atoms with Crippen molar-refractivity contribution in [1.82, 2.24) is 15.1 Å². The second kappa shape index (κ2) is 11.6. The van der Waals surface area contributed by atoms with Crippen LogP contribution in [0.3, 0.4) is 0 Å². The zero-order valence-corrected chi connectivity index (χ0v) is 21.1. The lowest BCUT2D eigenvalue weighted by Gasteiger charge is -2.31. The van der Waals surface area contributed by atoms with Gasteiger partial charge < -0.3 is 10.2 Å². The number of amides is 4. The van der Waals surface area contributed by atoms with Crippen LogP contribution in [0.25, 0.3) is 0 Å². The molecule has 4 rings (SSSR count). The average Bonchev–Trinajstić information content (AvgIpc) is 3.16. The average molecular weight is 498 g/mol. The summed E-state index contributed by atoms with van der Waals surface area (Å²) in [6, 6.07) is 23.5. The van der Waals surface area contributed by atoms with Gasteiger partial charge in [0.15, 0.2) is 0 Å². The molecule has 1 heterocycles. The molecule has 1 aliphatic heterocycles. The number of carbonyl (C=O) groups excluding carboxylic acids is 4. The Kier molecular flexibility index (Phi) is 8.13. The summed E-state index contributed by atoms with van der Waals surface area (Å²) in [6.07, 6.45) is 0.776. The molecular weight excluding hydrogens is 466 g/mol. The van der Waals surface area contributed by atoms with Crippen molar-refractivity contribution in [2.24, 2.45) is 0 Å². The fourth-order valence-electron chi connectivity index (χ4n) is 4.58. The van der Waals surface area contributed by atoms with Crippen molar-refractivity contribution in [3.8, 4) is 0 Å². The molecule has 0 unspecified atom stereocenters. The SMILES string of the molecule is CNC(=O)[C@H](Cc1ccccc1)N(Cc1ccc(C)cc1)C(=O)CCCN1C(=O)c2ccccc2C1=O. The highest BCUT2D eigenvalue weighted by Gasteiger charge is 2.35. The number of benzene rings is 3. The smallest absolute Gasteiger partial charge is 0.261 e.